The average Bonchev–Trinajstić information content (AvgIpc) is 2.35. The minimum absolute atomic E-state index is 0.00951. The van der Waals surface area contributed by atoms with Gasteiger partial charge >= 0.3 is 0 Å². The lowest BCUT2D eigenvalue weighted by Gasteiger charge is -2.31. The van der Waals surface area contributed by atoms with Crippen molar-refractivity contribution in [1.82, 2.24) is 4.31 Å². The molecule has 0 amide bonds. The fraction of sp³-hybridized carbons (Fsp3) is 0.500. The molecule has 0 saturated carbocycles. The van der Waals surface area contributed by atoms with Crippen LogP contribution in [-0.2, 0) is 10.0 Å². The molecule has 0 aliphatic carbocycles. The highest BCUT2D eigenvalue weighted by atomic mass is 35.5. The number of rotatable bonds is 3. The smallest absolute Gasteiger partial charge is 0.211 e. The Bertz CT molecular complexity index is 601. The molecule has 112 valence electrons. The summed E-state index contributed by atoms with van der Waals surface area (Å²) in [6.45, 7) is 0.927. The molecule has 1 heterocycles. The van der Waals surface area contributed by atoms with Crippen molar-refractivity contribution in [2.45, 2.75) is 18.9 Å². The van der Waals surface area contributed by atoms with E-state index in [1.807, 2.05) is 0 Å². The highest BCUT2D eigenvalue weighted by Crippen LogP contribution is 2.28. The summed E-state index contributed by atoms with van der Waals surface area (Å²) in [5.74, 6) is -0.554. The van der Waals surface area contributed by atoms with Crippen molar-refractivity contribution in [1.29, 1.82) is 0 Å². The van der Waals surface area contributed by atoms with Crippen LogP contribution in [0.1, 0.15) is 12.8 Å². The number of nitrogens with zero attached hydrogens (tertiary/aromatic N) is 1. The number of anilines is 2. The topological polar surface area (TPSA) is 75.4 Å². The lowest BCUT2D eigenvalue weighted by atomic mass is 10.1. The van der Waals surface area contributed by atoms with Crippen molar-refractivity contribution in [2.24, 2.45) is 0 Å². The molecular weight excluding hydrogens is 305 g/mol. The van der Waals surface area contributed by atoms with Crippen LogP contribution in [0, 0.1) is 5.82 Å². The van der Waals surface area contributed by atoms with Crippen molar-refractivity contribution < 1.29 is 12.8 Å². The second-order valence-corrected chi connectivity index (χ2v) is 7.32. The van der Waals surface area contributed by atoms with Crippen molar-refractivity contribution in [2.75, 3.05) is 30.4 Å². The first-order valence-corrected chi connectivity index (χ1v) is 8.46. The van der Waals surface area contributed by atoms with Gasteiger partial charge in [-0.05, 0) is 18.9 Å². The van der Waals surface area contributed by atoms with E-state index in [0.717, 1.165) is 0 Å². The van der Waals surface area contributed by atoms with Gasteiger partial charge in [0.1, 0.15) is 5.82 Å². The first kappa shape index (κ1) is 15.3. The molecule has 1 aromatic rings. The summed E-state index contributed by atoms with van der Waals surface area (Å²) in [7, 11) is -3.13. The Kier molecular flexibility index (Phi) is 4.41. The Morgan fingerprint density at radius 1 is 1.40 bits per heavy atom. The van der Waals surface area contributed by atoms with Crippen LogP contribution >= 0.6 is 11.6 Å². The van der Waals surface area contributed by atoms with Crippen molar-refractivity contribution >= 4 is 33.0 Å². The molecular formula is C12H17ClFN3O2S. The Hall–Kier alpha value is -1.05. The van der Waals surface area contributed by atoms with Gasteiger partial charge in [0.15, 0.2) is 0 Å². The molecule has 1 fully saturated rings. The summed E-state index contributed by atoms with van der Waals surface area (Å²) < 4.78 is 37.5. The van der Waals surface area contributed by atoms with Gasteiger partial charge in [0, 0.05) is 25.2 Å². The molecule has 0 bridgehead atoms. The van der Waals surface area contributed by atoms with E-state index in [9.17, 15) is 12.8 Å². The van der Waals surface area contributed by atoms with Crippen LogP contribution in [0.25, 0.3) is 0 Å². The zero-order valence-electron chi connectivity index (χ0n) is 11.1. The number of benzene rings is 1. The summed E-state index contributed by atoms with van der Waals surface area (Å²) in [5, 5.41) is 3.20. The second kappa shape index (κ2) is 5.75. The fourth-order valence-electron chi connectivity index (χ4n) is 2.24. The Morgan fingerprint density at radius 2 is 2.00 bits per heavy atom. The van der Waals surface area contributed by atoms with Gasteiger partial charge in [-0.1, -0.05) is 11.6 Å². The third-order valence-electron chi connectivity index (χ3n) is 3.38. The van der Waals surface area contributed by atoms with Gasteiger partial charge in [0.05, 0.1) is 22.7 Å². The Labute approximate surface area is 122 Å². The first-order valence-electron chi connectivity index (χ1n) is 6.23. The van der Waals surface area contributed by atoms with Crippen LogP contribution in [0.2, 0.25) is 5.02 Å². The number of hydrogen-bond acceptors (Lipinski definition) is 4. The molecule has 2 rings (SSSR count). The summed E-state index contributed by atoms with van der Waals surface area (Å²) >= 11 is 5.73. The van der Waals surface area contributed by atoms with E-state index in [1.54, 1.807) is 0 Å². The molecule has 0 aromatic heterocycles. The average molecular weight is 322 g/mol. The van der Waals surface area contributed by atoms with Gasteiger partial charge in [-0.3, -0.25) is 0 Å². The zero-order valence-corrected chi connectivity index (χ0v) is 12.6. The van der Waals surface area contributed by atoms with Gasteiger partial charge in [0.25, 0.3) is 0 Å². The van der Waals surface area contributed by atoms with Gasteiger partial charge in [0.2, 0.25) is 10.0 Å². The number of nitrogens with one attached hydrogen (secondary N) is 1. The van der Waals surface area contributed by atoms with Gasteiger partial charge < -0.3 is 11.1 Å². The molecule has 3 N–H and O–H groups in total. The standard InChI is InChI=1S/C12H17ClFN3O2S/c1-20(18,19)17-4-2-8(3-5-17)16-12-6-9(13)10(14)7-11(12)15/h6-8,16H,2-5,15H2,1H3. The lowest BCUT2D eigenvalue weighted by molar-refractivity contribution is 0.332. The van der Waals surface area contributed by atoms with E-state index < -0.39 is 15.8 Å². The number of nitrogens with two attached hydrogens (primary N) is 1. The van der Waals surface area contributed by atoms with Crippen LogP contribution < -0.4 is 11.1 Å². The third-order valence-corrected chi connectivity index (χ3v) is 4.97. The first-order chi connectivity index (χ1) is 9.27. The quantitative estimate of drug-likeness (QED) is 0.834. The largest absolute Gasteiger partial charge is 0.397 e. The van der Waals surface area contributed by atoms with Crippen LogP contribution in [0.4, 0.5) is 15.8 Å². The molecule has 1 aliphatic rings. The highest BCUT2D eigenvalue weighted by molar-refractivity contribution is 7.88. The summed E-state index contributed by atoms with van der Waals surface area (Å²) in [6.07, 6.45) is 2.54. The minimum atomic E-state index is -3.13. The van der Waals surface area contributed by atoms with Crippen molar-refractivity contribution in [3.05, 3.63) is 23.0 Å². The van der Waals surface area contributed by atoms with Crippen LogP contribution in [-0.4, -0.2) is 38.1 Å². The zero-order chi connectivity index (χ0) is 14.9. The third kappa shape index (κ3) is 3.53. The molecule has 0 unspecified atom stereocenters. The second-order valence-electron chi connectivity index (χ2n) is 4.93. The molecule has 0 atom stereocenters. The fourth-order valence-corrected chi connectivity index (χ4v) is 3.28. The maximum Gasteiger partial charge on any atom is 0.211 e. The normalized spacial score (nSPS) is 18.1. The predicted octanol–water partition coefficient (Wildman–Crippen LogP) is 1.90. The summed E-state index contributed by atoms with van der Waals surface area (Å²) in [4.78, 5) is 0. The molecule has 8 heteroatoms. The van der Waals surface area contributed by atoms with Crippen LogP contribution in [0.15, 0.2) is 12.1 Å². The van der Waals surface area contributed by atoms with Crippen LogP contribution in [0.3, 0.4) is 0 Å². The monoisotopic (exact) mass is 321 g/mol. The lowest BCUT2D eigenvalue weighted by Crippen LogP contribution is -2.41. The Balaban J connectivity index is 2.01. The number of piperidine rings is 1. The van der Waals surface area contributed by atoms with Gasteiger partial charge in [-0.2, -0.15) is 0 Å². The SMILES string of the molecule is CS(=O)(=O)N1CCC(Nc2cc(Cl)c(F)cc2N)CC1. The van der Waals surface area contributed by atoms with E-state index in [4.69, 9.17) is 17.3 Å². The highest BCUT2D eigenvalue weighted by Gasteiger charge is 2.25. The summed E-state index contributed by atoms with van der Waals surface area (Å²) in [6, 6.07) is 2.72. The Morgan fingerprint density at radius 3 is 2.55 bits per heavy atom. The number of sulfonamides is 1. The summed E-state index contributed by atoms with van der Waals surface area (Å²) in [5.41, 5.74) is 6.60. The van der Waals surface area contributed by atoms with E-state index in [2.05, 4.69) is 5.32 Å². The molecule has 1 aromatic carbocycles. The van der Waals surface area contributed by atoms with E-state index in [0.29, 0.717) is 31.6 Å². The van der Waals surface area contributed by atoms with E-state index in [-0.39, 0.29) is 16.8 Å². The maximum absolute atomic E-state index is 13.2. The maximum atomic E-state index is 13.2. The molecule has 0 spiro atoms. The van der Waals surface area contributed by atoms with Gasteiger partial charge in [-0.25, -0.2) is 17.1 Å². The number of nitrogen functional groups attached to an aromatic ring is 1. The minimum Gasteiger partial charge on any atom is -0.397 e. The van der Waals surface area contributed by atoms with Crippen LogP contribution in [0.5, 0.6) is 0 Å². The van der Waals surface area contributed by atoms with Crippen molar-refractivity contribution in [3.8, 4) is 0 Å². The molecule has 5 nitrogen and oxygen atoms in total. The van der Waals surface area contributed by atoms with E-state index in [1.165, 1.54) is 22.7 Å². The molecule has 0 radical (unpaired) electrons. The molecule has 1 aliphatic heterocycles. The van der Waals surface area contributed by atoms with Crippen molar-refractivity contribution in [3.63, 3.8) is 0 Å². The van der Waals surface area contributed by atoms with E-state index >= 15 is 0 Å². The number of halogens is 2. The predicted molar refractivity (Wildman–Crippen MR) is 78.9 cm³/mol. The number of hydrogen-bond donors (Lipinski definition) is 2. The van der Waals surface area contributed by atoms with Gasteiger partial charge in [-0.15, -0.1) is 0 Å². The molecule has 1 saturated heterocycles. The molecule has 20 heavy (non-hydrogen) atoms.